The maximum Gasteiger partial charge on any atom is 0.172 e. The molecule has 2 aliphatic heterocycles. The van der Waals surface area contributed by atoms with E-state index in [9.17, 15) is 0 Å². The third-order valence-electron chi connectivity index (χ3n) is 3.73. The number of nitrogens with one attached hydrogen (secondary N) is 1. The quantitative estimate of drug-likeness (QED) is 0.843. The Morgan fingerprint density at radius 2 is 2.18 bits per heavy atom. The predicted molar refractivity (Wildman–Crippen MR) is 68.6 cm³/mol. The highest BCUT2D eigenvalue weighted by Crippen LogP contribution is 2.40. The molecule has 0 spiro atoms. The van der Waals surface area contributed by atoms with Gasteiger partial charge in [0.1, 0.15) is 11.6 Å². The lowest BCUT2D eigenvalue weighted by Gasteiger charge is -2.33. The monoisotopic (exact) mass is 230 g/mol. The van der Waals surface area contributed by atoms with Crippen molar-refractivity contribution in [3.63, 3.8) is 0 Å². The summed E-state index contributed by atoms with van der Waals surface area (Å²) in [6, 6.07) is 8.30. The molecule has 2 aliphatic rings. The van der Waals surface area contributed by atoms with Gasteiger partial charge in [-0.1, -0.05) is 32.0 Å². The zero-order valence-electron chi connectivity index (χ0n) is 10.4. The molecule has 0 bridgehead atoms. The van der Waals surface area contributed by atoms with Crippen LogP contribution in [-0.2, 0) is 6.42 Å². The fourth-order valence-corrected chi connectivity index (χ4v) is 2.67. The van der Waals surface area contributed by atoms with Crippen LogP contribution in [0.5, 0.6) is 5.75 Å². The zero-order valence-corrected chi connectivity index (χ0v) is 10.4. The molecule has 0 radical (unpaired) electrons. The van der Waals surface area contributed by atoms with Crippen molar-refractivity contribution in [1.29, 1.82) is 0 Å². The third kappa shape index (κ3) is 1.53. The Balaban J connectivity index is 2.00. The molecule has 0 saturated carbocycles. The maximum atomic E-state index is 6.25. The lowest BCUT2D eigenvalue weighted by Crippen LogP contribution is -2.52. The smallest absolute Gasteiger partial charge is 0.172 e. The molecule has 0 saturated heterocycles. The van der Waals surface area contributed by atoms with Gasteiger partial charge in [0.05, 0.1) is 6.54 Å². The molecule has 0 aromatic heterocycles. The van der Waals surface area contributed by atoms with Crippen LogP contribution in [0.2, 0.25) is 0 Å². The molecule has 1 unspecified atom stereocenters. The standard InChI is InChI=1S/C14H18N2O/c1-10(2)14(13-15-7-8-16-13)9-11-5-3-4-6-12(11)17-14/h3-6,10H,7-9H2,1-2H3,(H,15,16). The first-order chi connectivity index (χ1) is 8.22. The van der Waals surface area contributed by atoms with Crippen LogP contribution in [0.4, 0.5) is 0 Å². The fraction of sp³-hybridized carbons (Fsp3) is 0.500. The number of hydrogen-bond acceptors (Lipinski definition) is 3. The van der Waals surface area contributed by atoms with Gasteiger partial charge in [0, 0.05) is 18.9 Å². The van der Waals surface area contributed by atoms with Crippen molar-refractivity contribution in [3.05, 3.63) is 29.8 Å². The first-order valence-corrected chi connectivity index (χ1v) is 6.28. The summed E-state index contributed by atoms with van der Waals surface area (Å²) in [5.41, 5.74) is 1.01. The summed E-state index contributed by atoms with van der Waals surface area (Å²) in [5, 5.41) is 3.38. The van der Waals surface area contributed by atoms with Crippen molar-refractivity contribution in [1.82, 2.24) is 5.32 Å². The molecule has 1 aromatic rings. The van der Waals surface area contributed by atoms with Crippen molar-refractivity contribution in [2.75, 3.05) is 13.1 Å². The topological polar surface area (TPSA) is 33.6 Å². The maximum absolute atomic E-state index is 6.25. The minimum atomic E-state index is -0.278. The molecular weight excluding hydrogens is 212 g/mol. The second-order valence-corrected chi connectivity index (χ2v) is 5.09. The Morgan fingerprint density at radius 1 is 1.35 bits per heavy atom. The fourth-order valence-electron chi connectivity index (χ4n) is 2.67. The minimum Gasteiger partial charge on any atom is -0.478 e. The van der Waals surface area contributed by atoms with E-state index in [0.29, 0.717) is 5.92 Å². The van der Waals surface area contributed by atoms with E-state index in [2.05, 4.69) is 42.4 Å². The molecule has 3 nitrogen and oxygen atoms in total. The number of rotatable bonds is 2. The second kappa shape index (κ2) is 3.76. The van der Waals surface area contributed by atoms with E-state index >= 15 is 0 Å². The van der Waals surface area contributed by atoms with E-state index in [-0.39, 0.29) is 5.60 Å². The summed E-state index contributed by atoms with van der Waals surface area (Å²) in [4.78, 5) is 4.57. The summed E-state index contributed by atoms with van der Waals surface area (Å²) in [6.07, 6.45) is 0.923. The van der Waals surface area contributed by atoms with Crippen LogP contribution in [0.25, 0.3) is 0 Å². The molecule has 3 heteroatoms. The number of fused-ring (bicyclic) bond motifs is 1. The van der Waals surface area contributed by atoms with Crippen molar-refractivity contribution < 1.29 is 4.74 Å². The van der Waals surface area contributed by atoms with Crippen LogP contribution in [0.15, 0.2) is 29.3 Å². The van der Waals surface area contributed by atoms with Crippen molar-refractivity contribution in [2.45, 2.75) is 25.9 Å². The lowest BCUT2D eigenvalue weighted by atomic mass is 9.85. The second-order valence-electron chi connectivity index (χ2n) is 5.09. The van der Waals surface area contributed by atoms with Crippen LogP contribution >= 0.6 is 0 Å². The molecule has 3 rings (SSSR count). The van der Waals surface area contributed by atoms with Gasteiger partial charge in [-0.05, 0) is 11.6 Å². The molecular formula is C14H18N2O. The number of aliphatic imine (C=N–C) groups is 1. The Bertz CT molecular complexity index is 440. The van der Waals surface area contributed by atoms with Gasteiger partial charge in [-0.15, -0.1) is 0 Å². The summed E-state index contributed by atoms with van der Waals surface area (Å²) in [6.45, 7) is 6.20. The first kappa shape index (κ1) is 10.6. The van der Waals surface area contributed by atoms with Gasteiger partial charge in [-0.3, -0.25) is 4.99 Å². The van der Waals surface area contributed by atoms with E-state index in [0.717, 1.165) is 31.1 Å². The Morgan fingerprint density at radius 3 is 2.82 bits per heavy atom. The van der Waals surface area contributed by atoms with Gasteiger partial charge < -0.3 is 10.1 Å². The average molecular weight is 230 g/mol. The van der Waals surface area contributed by atoms with E-state index in [4.69, 9.17) is 4.74 Å². The molecule has 2 heterocycles. The molecule has 0 aliphatic carbocycles. The van der Waals surface area contributed by atoms with E-state index in [1.165, 1.54) is 5.56 Å². The lowest BCUT2D eigenvalue weighted by molar-refractivity contribution is 0.113. The van der Waals surface area contributed by atoms with Crippen molar-refractivity contribution in [2.24, 2.45) is 10.9 Å². The molecule has 0 amide bonds. The summed E-state index contributed by atoms with van der Waals surface area (Å²) < 4.78 is 6.25. The number of amidine groups is 1. The average Bonchev–Trinajstić information content (AvgIpc) is 2.96. The van der Waals surface area contributed by atoms with E-state index in [1.807, 2.05) is 6.07 Å². The van der Waals surface area contributed by atoms with Gasteiger partial charge in [-0.25, -0.2) is 0 Å². The highest BCUT2D eigenvalue weighted by atomic mass is 16.5. The Labute approximate surface area is 102 Å². The number of benzene rings is 1. The van der Waals surface area contributed by atoms with Crippen LogP contribution in [-0.4, -0.2) is 24.5 Å². The van der Waals surface area contributed by atoms with Gasteiger partial charge >= 0.3 is 0 Å². The third-order valence-corrected chi connectivity index (χ3v) is 3.73. The highest BCUT2D eigenvalue weighted by Gasteiger charge is 2.47. The molecule has 1 aromatic carbocycles. The number of hydrogen-bond donors (Lipinski definition) is 1. The largest absolute Gasteiger partial charge is 0.478 e. The first-order valence-electron chi connectivity index (χ1n) is 6.28. The Hall–Kier alpha value is -1.51. The van der Waals surface area contributed by atoms with E-state index < -0.39 is 0 Å². The number of nitrogens with zero attached hydrogens (tertiary/aromatic N) is 1. The van der Waals surface area contributed by atoms with Crippen molar-refractivity contribution >= 4 is 5.84 Å². The molecule has 1 atom stereocenters. The SMILES string of the molecule is CC(C)C1(C2=NCCN2)Cc2ccccc2O1. The van der Waals surface area contributed by atoms with Gasteiger partial charge in [0.15, 0.2) is 5.60 Å². The molecule has 17 heavy (non-hydrogen) atoms. The molecule has 90 valence electrons. The van der Waals surface area contributed by atoms with Crippen molar-refractivity contribution in [3.8, 4) is 5.75 Å². The molecule has 1 N–H and O–H groups in total. The highest BCUT2D eigenvalue weighted by molar-refractivity contribution is 5.93. The predicted octanol–water partition coefficient (Wildman–Crippen LogP) is 2.02. The summed E-state index contributed by atoms with van der Waals surface area (Å²) >= 11 is 0. The Kier molecular flexibility index (Phi) is 2.35. The van der Waals surface area contributed by atoms with E-state index in [1.54, 1.807) is 0 Å². The normalized spacial score (nSPS) is 26.4. The minimum absolute atomic E-state index is 0.278. The van der Waals surface area contributed by atoms with Crippen LogP contribution in [0.1, 0.15) is 19.4 Å². The van der Waals surface area contributed by atoms with Gasteiger partial charge in [-0.2, -0.15) is 0 Å². The van der Waals surface area contributed by atoms with Crippen LogP contribution < -0.4 is 10.1 Å². The summed E-state index contributed by atoms with van der Waals surface area (Å²) in [5.74, 6) is 2.44. The number of para-hydroxylation sites is 1. The van der Waals surface area contributed by atoms with Crippen LogP contribution in [0.3, 0.4) is 0 Å². The molecule has 0 fully saturated rings. The summed E-state index contributed by atoms with van der Waals surface area (Å²) in [7, 11) is 0. The van der Waals surface area contributed by atoms with Gasteiger partial charge in [0.2, 0.25) is 0 Å². The zero-order chi connectivity index (χ0) is 11.9. The number of ether oxygens (including phenoxy) is 1. The van der Waals surface area contributed by atoms with Gasteiger partial charge in [0.25, 0.3) is 0 Å². The van der Waals surface area contributed by atoms with Crippen LogP contribution in [0, 0.1) is 5.92 Å².